The molecular weight excluding hydrogens is 359 g/mol. The Kier molecular flexibility index (Phi) is 4.89. The molecule has 6 nitrogen and oxygen atoms in total. The largest absolute Gasteiger partial charge is 0.347 e. The number of fused-ring (bicyclic) bond motifs is 1. The summed E-state index contributed by atoms with van der Waals surface area (Å²) in [6.07, 6.45) is 4.61. The number of nitrogens with one attached hydrogen (secondary N) is 2. The third-order valence-electron chi connectivity index (χ3n) is 4.81. The summed E-state index contributed by atoms with van der Waals surface area (Å²) in [6.45, 7) is 0.366. The lowest BCUT2D eigenvalue weighted by Gasteiger charge is -2.15. The molecule has 3 aromatic rings. The fourth-order valence-electron chi connectivity index (χ4n) is 3.51. The molecule has 1 aliphatic rings. The molecule has 142 valence electrons. The number of nitrogens with zero attached hydrogens (tertiary/aromatic N) is 2. The number of halogens is 1. The number of anilines is 1. The lowest BCUT2D eigenvalue weighted by Crippen LogP contribution is -2.31. The monoisotopic (exact) mass is 378 g/mol. The second-order valence-corrected chi connectivity index (χ2v) is 6.76. The van der Waals surface area contributed by atoms with Crippen molar-refractivity contribution in [2.45, 2.75) is 25.4 Å². The number of rotatable bonds is 4. The minimum atomic E-state index is -0.324. The molecule has 0 spiro atoms. The van der Waals surface area contributed by atoms with Crippen LogP contribution in [0.4, 0.5) is 14.9 Å². The van der Waals surface area contributed by atoms with E-state index in [0.29, 0.717) is 12.2 Å². The third-order valence-corrected chi connectivity index (χ3v) is 4.81. The Morgan fingerprint density at radius 3 is 2.96 bits per heavy atom. The lowest BCUT2D eigenvalue weighted by molar-refractivity contribution is 0.248. The van der Waals surface area contributed by atoms with Crippen molar-refractivity contribution in [1.29, 1.82) is 0 Å². The number of aryl methyl sites for hydroxylation is 1. The summed E-state index contributed by atoms with van der Waals surface area (Å²) >= 11 is 0. The average molecular weight is 378 g/mol. The van der Waals surface area contributed by atoms with Crippen molar-refractivity contribution in [3.63, 3.8) is 0 Å². The van der Waals surface area contributed by atoms with E-state index in [0.717, 1.165) is 29.5 Å². The summed E-state index contributed by atoms with van der Waals surface area (Å²) in [6, 6.07) is 13.2. The molecule has 0 aliphatic heterocycles. The molecule has 2 amide bonds. The smallest absolute Gasteiger partial charge is 0.331 e. The van der Waals surface area contributed by atoms with Gasteiger partial charge in [-0.25, -0.2) is 19.0 Å². The van der Waals surface area contributed by atoms with Crippen LogP contribution in [0.5, 0.6) is 0 Å². The van der Waals surface area contributed by atoms with E-state index in [1.165, 1.54) is 22.9 Å². The highest BCUT2D eigenvalue weighted by atomic mass is 19.1. The van der Waals surface area contributed by atoms with E-state index in [1.54, 1.807) is 24.4 Å². The van der Waals surface area contributed by atoms with Crippen LogP contribution in [0.1, 0.15) is 29.2 Å². The van der Waals surface area contributed by atoms with E-state index in [-0.39, 0.29) is 23.6 Å². The van der Waals surface area contributed by atoms with Gasteiger partial charge in [0.15, 0.2) is 0 Å². The summed E-state index contributed by atoms with van der Waals surface area (Å²) in [5.41, 5.74) is 3.07. The second kappa shape index (κ2) is 7.64. The van der Waals surface area contributed by atoms with Crippen molar-refractivity contribution in [2.24, 2.45) is 0 Å². The molecule has 7 heteroatoms. The molecule has 0 saturated heterocycles. The molecular formula is C21H19FN4O2. The van der Waals surface area contributed by atoms with Gasteiger partial charge in [-0.15, -0.1) is 0 Å². The standard InChI is InChI=1S/C21H19FN4O2/c22-16-6-7-18-15(12-16)5-8-19(18)25-20(27)24-17-4-1-3-14(11-17)13-26-10-2-9-23-21(26)28/h1-4,6-7,9-12,19H,5,8,13H2,(H2,24,25,27)/t19-/m1/s1. The zero-order valence-corrected chi connectivity index (χ0v) is 15.1. The van der Waals surface area contributed by atoms with E-state index in [4.69, 9.17) is 0 Å². The van der Waals surface area contributed by atoms with Gasteiger partial charge in [0.05, 0.1) is 12.6 Å². The van der Waals surface area contributed by atoms with Crippen molar-refractivity contribution in [1.82, 2.24) is 14.9 Å². The fraction of sp³-hybridized carbons (Fsp3) is 0.190. The summed E-state index contributed by atoms with van der Waals surface area (Å²) in [4.78, 5) is 27.9. The number of carbonyl (C=O) groups excluding carboxylic acids is 1. The van der Waals surface area contributed by atoms with Gasteiger partial charge in [-0.3, -0.25) is 4.57 Å². The van der Waals surface area contributed by atoms with Gasteiger partial charge in [-0.1, -0.05) is 18.2 Å². The topological polar surface area (TPSA) is 76.0 Å². The van der Waals surface area contributed by atoms with Gasteiger partial charge >= 0.3 is 11.7 Å². The zero-order valence-electron chi connectivity index (χ0n) is 15.1. The van der Waals surface area contributed by atoms with Crippen LogP contribution < -0.4 is 16.3 Å². The maximum atomic E-state index is 13.3. The first-order chi connectivity index (χ1) is 13.6. The molecule has 0 saturated carbocycles. The lowest BCUT2D eigenvalue weighted by atomic mass is 10.1. The van der Waals surface area contributed by atoms with Crippen LogP contribution >= 0.6 is 0 Å². The molecule has 0 bridgehead atoms. The van der Waals surface area contributed by atoms with Gasteiger partial charge in [0.25, 0.3) is 0 Å². The number of hydrogen-bond donors (Lipinski definition) is 2. The van der Waals surface area contributed by atoms with Gasteiger partial charge in [-0.05, 0) is 59.9 Å². The quantitative estimate of drug-likeness (QED) is 0.732. The molecule has 28 heavy (non-hydrogen) atoms. The Morgan fingerprint density at radius 2 is 2.11 bits per heavy atom. The van der Waals surface area contributed by atoms with Gasteiger partial charge in [0.1, 0.15) is 5.82 Å². The van der Waals surface area contributed by atoms with Crippen LogP contribution in [-0.4, -0.2) is 15.6 Å². The minimum Gasteiger partial charge on any atom is -0.331 e. The zero-order chi connectivity index (χ0) is 19.5. The Morgan fingerprint density at radius 1 is 1.21 bits per heavy atom. The Balaban J connectivity index is 1.42. The Labute approximate surface area is 161 Å². The van der Waals surface area contributed by atoms with Gasteiger partial charge in [-0.2, -0.15) is 0 Å². The predicted octanol–water partition coefficient (Wildman–Crippen LogP) is 3.24. The third kappa shape index (κ3) is 3.93. The van der Waals surface area contributed by atoms with Gasteiger partial charge < -0.3 is 10.6 Å². The molecule has 0 radical (unpaired) electrons. The van der Waals surface area contributed by atoms with E-state index in [1.807, 2.05) is 18.2 Å². The normalized spacial score (nSPS) is 15.1. The highest BCUT2D eigenvalue weighted by molar-refractivity contribution is 5.89. The SMILES string of the molecule is O=C(Nc1cccc(Cn2cccnc2=O)c1)N[C@@H]1CCc2cc(F)ccc21. The minimum absolute atomic E-state index is 0.132. The Bertz CT molecular complexity index is 1080. The highest BCUT2D eigenvalue weighted by Gasteiger charge is 2.24. The molecule has 0 fully saturated rings. The molecule has 1 aromatic heterocycles. The Hall–Kier alpha value is -3.48. The van der Waals surface area contributed by atoms with Crippen LogP contribution in [0.3, 0.4) is 0 Å². The summed E-state index contributed by atoms with van der Waals surface area (Å²) < 4.78 is 14.8. The maximum absolute atomic E-state index is 13.3. The van der Waals surface area contributed by atoms with Crippen LogP contribution in [-0.2, 0) is 13.0 Å². The van der Waals surface area contributed by atoms with E-state index < -0.39 is 0 Å². The fourth-order valence-corrected chi connectivity index (χ4v) is 3.51. The summed E-state index contributed by atoms with van der Waals surface area (Å²) in [7, 11) is 0. The molecule has 4 rings (SSSR count). The molecule has 2 aromatic carbocycles. The van der Waals surface area contributed by atoms with Crippen LogP contribution in [0.2, 0.25) is 0 Å². The maximum Gasteiger partial charge on any atom is 0.347 e. The van der Waals surface area contributed by atoms with Crippen LogP contribution in [0.15, 0.2) is 65.7 Å². The van der Waals surface area contributed by atoms with Crippen molar-refractivity contribution < 1.29 is 9.18 Å². The number of amides is 2. The van der Waals surface area contributed by atoms with Crippen LogP contribution in [0, 0.1) is 5.82 Å². The highest BCUT2D eigenvalue weighted by Crippen LogP contribution is 2.31. The molecule has 0 unspecified atom stereocenters. The van der Waals surface area contributed by atoms with Crippen LogP contribution in [0.25, 0.3) is 0 Å². The van der Waals surface area contributed by atoms with Crippen molar-refractivity contribution in [2.75, 3.05) is 5.32 Å². The summed E-state index contributed by atoms with van der Waals surface area (Å²) in [5.74, 6) is -0.256. The first-order valence-electron chi connectivity index (χ1n) is 9.05. The molecule has 2 N–H and O–H groups in total. The number of aromatic nitrogens is 2. The number of hydrogen-bond acceptors (Lipinski definition) is 3. The second-order valence-electron chi connectivity index (χ2n) is 6.76. The van der Waals surface area contributed by atoms with Gasteiger partial charge in [0.2, 0.25) is 0 Å². The van der Waals surface area contributed by atoms with E-state index >= 15 is 0 Å². The number of carbonyl (C=O) groups is 1. The number of benzene rings is 2. The molecule has 1 aliphatic carbocycles. The first-order valence-corrected chi connectivity index (χ1v) is 9.05. The van der Waals surface area contributed by atoms with E-state index in [2.05, 4.69) is 15.6 Å². The predicted molar refractivity (Wildman–Crippen MR) is 104 cm³/mol. The van der Waals surface area contributed by atoms with Crippen molar-refractivity contribution >= 4 is 11.7 Å². The van der Waals surface area contributed by atoms with Crippen molar-refractivity contribution in [3.8, 4) is 0 Å². The first kappa shape index (κ1) is 17.9. The molecule has 1 atom stereocenters. The average Bonchev–Trinajstić information content (AvgIpc) is 3.05. The number of urea groups is 1. The van der Waals surface area contributed by atoms with Gasteiger partial charge in [0, 0.05) is 18.1 Å². The van der Waals surface area contributed by atoms with E-state index in [9.17, 15) is 14.0 Å². The molecule has 1 heterocycles. The van der Waals surface area contributed by atoms with Crippen molar-refractivity contribution in [3.05, 3.63) is 93.9 Å². The summed E-state index contributed by atoms with van der Waals surface area (Å²) in [5, 5.41) is 5.77.